The van der Waals surface area contributed by atoms with Crippen LogP contribution in [0.1, 0.15) is 36.0 Å². The largest absolute Gasteiger partial charge is 0.505 e. The lowest BCUT2D eigenvalue weighted by Crippen LogP contribution is -2.31. The average Bonchev–Trinajstić information content (AvgIpc) is 2.60. The zero-order valence-corrected chi connectivity index (χ0v) is 9.85. The first-order valence-corrected chi connectivity index (χ1v) is 6.07. The quantitative estimate of drug-likeness (QED) is 0.577. The molecule has 1 fully saturated rings. The Bertz CT molecular complexity index is 410. The lowest BCUT2D eigenvalue weighted by atomic mass is 10.1. The SMILES string of the molecule is Nc1cccc(C(=O)N2CCCCCC2)c1O. The van der Waals surface area contributed by atoms with Gasteiger partial charge in [-0.15, -0.1) is 0 Å². The molecule has 1 heterocycles. The highest BCUT2D eigenvalue weighted by Crippen LogP contribution is 2.26. The van der Waals surface area contributed by atoms with Crippen molar-refractivity contribution in [1.82, 2.24) is 4.90 Å². The number of phenolic OH excluding ortho intramolecular Hbond substituents is 1. The number of benzene rings is 1. The number of nitrogens with two attached hydrogens (primary N) is 1. The molecule has 1 aromatic carbocycles. The van der Waals surface area contributed by atoms with Crippen LogP contribution in [0.15, 0.2) is 18.2 Å². The van der Waals surface area contributed by atoms with Crippen LogP contribution in [0.2, 0.25) is 0 Å². The number of amides is 1. The summed E-state index contributed by atoms with van der Waals surface area (Å²) in [7, 11) is 0. The van der Waals surface area contributed by atoms with Crippen LogP contribution in [0.5, 0.6) is 5.75 Å². The van der Waals surface area contributed by atoms with Crippen molar-refractivity contribution in [3.63, 3.8) is 0 Å². The smallest absolute Gasteiger partial charge is 0.257 e. The van der Waals surface area contributed by atoms with Crippen LogP contribution < -0.4 is 5.73 Å². The van der Waals surface area contributed by atoms with Gasteiger partial charge in [0, 0.05) is 13.1 Å². The van der Waals surface area contributed by atoms with Crippen molar-refractivity contribution in [2.45, 2.75) is 25.7 Å². The molecule has 0 bridgehead atoms. The van der Waals surface area contributed by atoms with E-state index in [2.05, 4.69) is 0 Å². The van der Waals surface area contributed by atoms with Gasteiger partial charge in [-0.1, -0.05) is 18.9 Å². The van der Waals surface area contributed by atoms with Gasteiger partial charge in [0.05, 0.1) is 11.3 Å². The zero-order chi connectivity index (χ0) is 12.3. The molecule has 0 unspecified atom stereocenters. The number of carbonyl (C=O) groups is 1. The molecule has 4 nitrogen and oxygen atoms in total. The van der Waals surface area contributed by atoms with Gasteiger partial charge in [-0.05, 0) is 25.0 Å². The van der Waals surface area contributed by atoms with Crippen LogP contribution in [-0.2, 0) is 0 Å². The summed E-state index contributed by atoms with van der Waals surface area (Å²) in [6.45, 7) is 1.54. The number of nitrogens with zero attached hydrogens (tertiary/aromatic N) is 1. The van der Waals surface area contributed by atoms with Gasteiger partial charge >= 0.3 is 0 Å². The minimum absolute atomic E-state index is 0.0956. The number of hydrogen-bond acceptors (Lipinski definition) is 3. The van der Waals surface area contributed by atoms with Gasteiger partial charge < -0.3 is 15.7 Å². The molecule has 2 rings (SSSR count). The minimum atomic E-state index is -0.114. The molecule has 0 aliphatic carbocycles. The second kappa shape index (κ2) is 5.08. The van der Waals surface area contributed by atoms with E-state index in [0.717, 1.165) is 25.9 Å². The first-order valence-electron chi connectivity index (χ1n) is 6.07. The lowest BCUT2D eigenvalue weighted by molar-refractivity contribution is 0.0758. The molecule has 1 amide bonds. The third-order valence-corrected chi connectivity index (χ3v) is 3.19. The Kier molecular flexibility index (Phi) is 3.52. The number of aromatic hydroxyl groups is 1. The third-order valence-electron chi connectivity index (χ3n) is 3.19. The number of rotatable bonds is 1. The molecule has 0 radical (unpaired) electrons. The summed E-state index contributed by atoms with van der Waals surface area (Å²) < 4.78 is 0. The maximum atomic E-state index is 12.2. The maximum Gasteiger partial charge on any atom is 0.257 e. The average molecular weight is 234 g/mol. The molecule has 1 saturated heterocycles. The Labute approximate surface area is 101 Å². The summed E-state index contributed by atoms with van der Waals surface area (Å²) in [5.74, 6) is -0.210. The fourth-order valence-corrected chi connectivity index (χ4v) is 2.18. The topological polar surface area (TPSA) is 66.6 Å². The highest BCUT2D eigenvalue weighted by Gasteiger charge is 2.20. The molecule has 0 saturated carbocycles. The van der Waals surface area contributed by atoms with Gasteiger partial charge in [-0.3, -0.25) is 4.79 Å². The summed E-state index contributed by atoms with van der Waals surface area (Å²) in [5.41, 5.74) is 6.17. The molecule has 1 aliphatic heterocycles. The van der Waals surface area contributed by atoms with Crippen LogP contribution >= 0.6 is 0 Å². The predicted octanol–water partition coefficient (Wildman–Crippen LogP) is 1.99. The van der Waals surface area contributed by atoms with Gasteiger partial charge in [0.2, 0.25) is 0 Å². The molecule has 17 heavy (non-hydrogen) atoms. The number of nitrogen functional groups attached to an aromatic ring is 1. The molecule has 1 aliphatic rings. The second-order valence-corrected chi connectivity index (χ2v) is 4.45. The standard InChI is InChI=1S/C13H18N2O2/c14-11-7-5-6-10(12(11)16)13(17)15-8-3-1-2-4-9-15/h5-7,16H,1-4,8-9,14H2. The molecule has 0 atom stereocenters. The molecule has 92 valence electrons. The van der Waals surface area contributed by atoms with E-state index in [1.54, 1.807) is 18.2 Å². The molecule has 1 aromatic rings. The Balaban J connectivity index is 2.20. The van der Waals surface area contributed by atoms with Gasteiger partial charge in [-0.2, -0.15) is 0 Å². The van der Waals surface area contributed by atoms with E-state index in [-0.39, 0.29) is 17.3 Å². The Morgan fingerprint density at radius 3 is 2.47 bits per heavy atom. The summed E-state index contributed by atoms with van der Waals surface area (Å²) in [6.07, 6.45) is 4.42. The molecular weight excluding hydrogens is 216 g/mol. The van der Waals surface area contributed by atoms with Crippen LogP contribution in [0.3, 0.4) is 0 Å². The maximum absolute atomic E-state index is 12.2. The van der Waals surface area contributed by atoms with E-state index in [1.807, 2.05) is 4.90 Å². The van der Waals surface area contributed by atoms with Crippen molar-refractivity contribution < 1.29 is 9.90 Å². The molecule has 4 heteroatoms. The van der Waals surface area contributed by atoms with Crippen LogP contribution in [0, 0.1) is 0 Å². The van der Waals surface area contributed by atoms with Gasteiger partial charge in [0.25, 0.3) is 5.91 Å². The predicted molar refractivity (Wildman–Crippen MR) is 66.9 cm³/mol. The van der Waals surface area contributed by atoms with E-state index in [1.165, 1.54) is 12.8 Å². The molecule has 3 N–H and O–H groups in total. The Morgan fingerprint density at radius 2 is 1.82 bits per heavy atom. The van der Waals surface area contributed by atoms with Crippen molar-refractivity contribution in [2.24, 2.45) is 0 Å². The number of para-hydroxylation sites is 1. The number of carbonyl (C=O) groups excluding carboxylic acids is 1. The van der Waals surface area contributed by atoms with E-state index in [9.17, 15) is 9.90 Å². The number of likely N-dealkylation sites (tertiary alicyclic amines) is 1. The summed E-state index contributed by atoms with van der Waals surface area (Å²) in [5, 5.41) is 9.80. The van der Waals surface area contributed by atoms with Crippen molar-refractivity contribution in [3.05, 3.63) is 23.8 Å². The zero-order valence-electron chi connectivity index (χ0n) is 9.85. The van der Waals surface area contributed by atoms with Crippen LogP contribution in [-0.4, -0.2) is 29.0 Å². The normalized spacial score (nSPS) is 16.6. The monoisotopic (exact) mass is 234 g/mol. The summed E-state index contributed by atoms with van der Waals surface area (Å²) in [6, 6.07) is 4.91. The molecule has 0 aromatic heterocycles. The van der Waals surface area contributed by atoms with Crippen molar-refractivity contribution in [2.75, 3.05) is 18.8 Å². The highest BCUT2D eigenvalue weighted by atomic mass is 16.3. The van der Waals surface area contributed by atoms with E-state index >= 15 is 0 Å². The Morgan fingerprint density at radius 1 is 1.18 bits per heavy atom. The fourth-order valence-electron chi connectivity index (χ4n) is 2.18. The number of hydrogen-bond donors (Lipinski definition) is 2. The van der Waals surface area contributed by atoms with Gasteiger partial charge in [-0.25, -0.2) is 0 Å². The minimum Gasteiger partial charge on any atom is -0.505 e. The van der Waals surface area contributed by atoms with Crippen molar-refractivity contribution in [3.8, 4) is 5.75 Å². The van der Waals surface area contributed by atoms with Gasteiger partial charge in [0.1, 0.15) is 0 Å². The van der Waals surface area contributed by atoms with E-state index in [4.69, 9.17) is 5.73 Å². The fraction of sp³-hybridized carbons (Fsp3) is 0.462. The number of phenols is 1. The first-order chi connectivity index (χ1) is 8.20. The van der Waals surface area contributed by atoms with E-state index in [0.29, 0.717) is 5.56 Å². The van der Waals surface area contributed by atoms with Crippen molar-refractivity contribution in [1.29, 1.82) is 0 Å². The number of anilines is 1. The Hall–Kier alpha value is -1.71. The first kappa shape index (κ1) is 11.8. The third kappa shape index (κ3) is 2.52. The lowest BCUT2D eigenvalue weighted by Gasteiger charge is -2.21. The highest BCUT2D eigenvalue weighted by molar-refractivity contribution is 5.98. The van der Waals surface area contributed by atoms with Crippen molar-refractivity contribution >= 4 is 11.6 Å². The van der Waals surface area contributed by atoms with E-state index < -0.39 is 0 Å². The second-order valence-electron chi connectivity index (χ2n) is 4.45. The summed E-state index contributed by atoms with van der Waals surface area (Å²) >= 11 is 0. The van der Waals surface area contributed by atoms with Gasteiger partial charge in [0.15, 0.2) is 5.75 Å². The van der Waals surface area contributed by atoms with Crippen LogP contribution in [0.25, 0.3) is 0 Å². The molecule has 0 spiro atoms. The summed E-state index contributed by atoms with van der Waals surface area (Å²) in [4.78, 5) is 14.0. The van der Waals surface area contributed by atoms with Crippen LogP contribution in [0.4, 0.5) is 5.69 Å². The molecular formula is C13H18N2O2.